The van der Waals surface area contributed by atoms with Crippen LogP contribution in [0, 0.1) is 6.92 Å². The first-order valence-corrected chi connectivity index (χ1v) is 8.55. The number of nitrogens with one attached hydrogen (secondary N) is 1. The number of hydrogen-bond acceptors (Lipinski definition) is 4. The average Bonchev–Trinajstić information content (AvgIpc) is 2.96. The molecule has 0 unspecified atom stereocenters. The van der Waals surface area contributed by atoms with Crippen LogP contribution < -0.4 is 10.3 Å². The number of benzene rings is 1. The summed E-state index contributed by atoms with van der Waals surface area (Å²) in [6.45, 7) is 8.78. The first kappa shape index (κ1) is 16.7. The van der Waals surface area contributed by atoms with Gasteiger partial charge in [-0.25, -0.2) is 4.98 Å². The topological polar surface area (TPSA) is 58.2 Å². The molecule has 0 aliphatic carbocycles. The van der Waals surface area contributed by atoms with Gasteiger partial charge in [-0.1, -0.05) is 12.1 Å². The quantitative estimate of drug-likeness (QED) is 0.917. The first-order valence-electron chi connectivity index (χ1n) is 8.55. The maximum Gasteiger partial charge on any atom is 0.251 e. The van der Waals surface area contributed by atoms with Gasteiger partial charge in [-0.05, 0) is 51.4 Å². The van der Waals surface area contributed by atoms with Gasteiger partial charge in [0, 0.05) is 25.1 Å². The summed E-state index contributed by atoms with van der Waals surface area (Å²) in [5.74, 6) is 1.95. The van der Waals surface area contributed by atoms with Crippen molar-refractivity contribution in [3.8, 4) is 5.75 Å². The Morgan fingerprint density at radius 3 is 2.75 bits per heavy atom. The molecule has 3 rings (SSSR count). The fraction of sp³-hybridized carbons (Fsp3) is 0.474. The van der Waals surface area contributed by atoms with E-state index in [1.54, 1.807) is 6.07 Å². The van der Waals surface area contributed by atoms with Crippen LogP contribution in [0.3, 0.4) is 0 Å². The summed E-state index contributed by atoms with van der Waals surface area (Å²) in [6, 6.07) is 9.95. The lowest BCUT2D eigenvalue weighted by Crippen LogP contribution is -2.20. The van der Waals surface area contributed by atoms with Gasteiger partial charge in [0.2, 0.25) is 0 Å². The van der Waals surface area contributed by atoms with Crippen LogP contribution in [0.15, 0.2) is 35.1 Å². The second kappa shape index (κ2) is 7.18. The Morgan fingerprint density at radius 1 is 1.33 bits per heavy atom. The minimum atomic E-state index is -0.0586. The van der Waals surface area contributed by atoms with E-state index >= 15 is 0 Å². The van der Waals surface area contributed by atoms with Gasteiger partial charge >= 0.3 is 0 Å². The molecule has 5 heteroatoms. The third-order valence-electron chi connectivity index (χ3n) is 4.27. The van der Waals surface area contributed by atoms with Gasteiger partial charge in [-0.3, -0.25) is 9.69 Å². The third kappa shape index (κ3) is 4.23. The highest BCUT2D eigenvalue weighted by Gasteiger charge is 2.25. The molecule has 0 saturated carbocycles. The molecule has 0 bridgehead atoms. The predicted octanol–water partition coefficient (Wildman–Crippen LogP) is 2.86. The number of ether oxygens (including phenoxy) is 1. The summed E-state index contributed by atoms with van der Waals surface area (Å²) in [7, 11) is 0. The molecule has 128 valence electrons. The van der Waals surface area contributed by atoms with Gasteiger partial charge < -0.3 is 9.72 Å². The van der Waals surface area contributed by atoms with E-state index in [2.05, 4.69) is 27.0 Å². The third-order valence-corrected chi connectivity index (χ3v) is 4.27. The van der Waals surface area contributed by atoms with Gasteiger partial charge in [-0.2, -0.15) is 0 Å². The minimum absolute atomic E-state index is 0.0586. The summed E-state index contributed by atoms with van der Waals surface area (Å²) in [5.41, 5.74) is 2.14. The maximum absolute atomic E-state index is 11.6. The SMILES string of the molecule is Cc1nc([C@@H]2CCN(Cc3ccc(OC(C)C)cc3)C2)cc(=O)[nH]1. The number of H-pyrrole nitrogens is 1. The highest BCUT2D eigenvalue weighted by atomic mass is 16.5. The largest absolute Gasteiger partial charge is 0.491 e. The molecule has 1 fully saturated rings. The highest BCUT2D eigenvalue weighted by Crippen LogP contribution is 2.26. The molecule has 0 amide bonds. The van der Waals surface area contributed by atoms with Gasteiger partial charge in [0.05, 0.1) is 11.8 Å². The van der Waals surface area contributed by atoms with Crippen LogP contribution in [0.1, 0.15) is 43.3 Å². The van der Waals surface area contributed by atoms with E-state index in [1.807, 2.05) is 32.9 Å². The van der Waals surface area contributed by atoms with Crippen molar-refractivity contribution in [1.29, 1.82) is 0 Å². The second-order valence-corrected chi connectivity index (χ2v) is 6.79. The van der Waals surface area contributed by atoms with E-state index in [-0.39, 0.29) is 11.7 Å². The molecule has 0 spiro atoms. The average molecular weight is 327 g/mol. The number of aromatic nitrogens is 2. The van der Waals surface area contributed by atoms with Crippen LogP contribution in [0.4, 0.5) is 0 Å². The highest BCUT2D eigenvalue weighted by molar-refractivity contribution is 5.27. The molecule has 1 aromatic carbocycles. The Labute approximate surface area is 142 Å². The molecule has 0 radical (unpaired) electrons. The zero-order valence-corrected chi connectivity index (χ0v) is 14.6. The Hall–Kier alpha value is -2.14. The zero-order valence-electron chi connectivity index (χ0n) is 14.6. The van der Waals surface area contributed by atoms with Crippen LogP contribution in [0.25, 0.3) is 0 Å². The molecule has 24 heavy (non-hydrogen) atoms. The van der Waals surface area contributed by atoms with Crippen molar-refractivity contribution in [3.63, 3.8) is 0 Å². The Morgan fingerprint density at radius 2 is 2.08 bits per heavy atom. The van der Waals surface area contributed by atoms with E-state index < -0.39 is 0 Å². The zero-order chi connectivity index (χ0) is 17.1. The molecule has 1 saturated heterocycles. The van der Waals surface area contributed by atoms with Gasteiger partial charge in [0.25, 0.3) is 5.56 Å². The van der Waals surface area contributed by atoms with E-state index in [0.29, 0.717) is 11.7 Å². The van der Waals surface area contributed by atoms with E-state index in [1.165, 1.54) is 5.56 Å². The summed E-state index contributed by atoms with van der Waals surface area (Å²) in [4.78, 5) is 21.3. The maximum atomic E-state index is 11.6. The van der Waals surface area contributed by atoms with Crippen LogP contribution in [0.2, 0.25) is 0 Å². The fourth-order valence-corrected chi connectivity index (χ4v) is 3.23. The lowest BCUT2D eigenvalue weighted by molar-refractivity contribution is 0.242. The molecule has 1 N–H and O–H groups in total. The number of likely N-dealkylation sites (tertiary alicyclic amines) is 1. The van der Waals surface area contributed by atoms with Crippen molar-refractivity contribution in [2.75, 3.05) is 13.1 Å². The standard InChI is InChI=1S/C19H25N3O2/c1-13(2)24-17-6-4-15(5-7-17)11-22-9-8-16(12-22)18-10-19(23)21-14(3)20-18/h4-7,10,13,16H,8-9,11-12H2,1-3H3,(H,20,21,23)/t16-/m1/s1. The number of aryl methyl sites for hydroxylation is 1. The Bertz CT molecular complexity index is 737. The Balaban J connectivity index is 1.60. The first-order chi connectivity index (χ1) is 11.5. The molecule has 1 aliphatic heterocycles. The summed E-state index contributed by atoms with van der Waals surface area (Å²) in [5, 5.41) is 0. The number of nitrogens with zero attached hydrogens (tertiary/aromatic N) is 2. The van der Waals surface area contributed by atoms with Crippen molar-refractivity contribution in [2.24, 2.45) is 0 Å². The van der Waals surface area contributed by atoms with E-state index in [9.17, 15) is 4.79 Å². The summed E-state index contributed by atoms with van der Waals surface area (Å²) >= 11 is 0. The van der Waals surface area contributed by atoms with Crippen molar-refractivity contribution in [2.45, 2.75) is 45.8 Å². The van der Waals surface area contributed by atoms with Crippen LogP contribution in [-0.4, -0.2) is 34.1 Å². The minimum Gasteiger partial charge on any atom is -0.491 e. The molecule has 2 heterocycles. The van der Waals surface area contributed by atoms with Gasteiger partial charge in [0.1, 0.15) is 11.6 Å². The summed E-state index contributed by atoms with van der Waals surface area (Å²) in [6.07, 6.45) is 1.24. The van der Waals surface area contributed by atoms with Crippen molar-refractivity contribution < 1.29 is 4.74 Å². The van der Waals surface area contributed by atoms with Crippen LogP contribution in [0.5, 0.6) is 5.75 Å². The normalized spacial score (nSPS) is 18.2. The van der Waals surface area contributed by atoms with Gasteiger partial charge in [-0.15, -0.1) is 0 Å². The lowest BCUT2D eigenvalue weighted by Gasteiger charge is -2.17. The number of hydrogen-bond donors (Lipinski definition) is 1. The molecule has 5 nitrogen and oxygen atoms in total. The smallest absolute Gasteiger partial charge is 0.251 e. The van der Waals surface area contributed by atoms with Crippen molar-refractivity contribution in [1.82, 2.24) is 14.9 Å². The van der Waals surface area contributed by atoms with E-state index in [0.717, 1.165) is 37.5 Å². The van der Waals surface area contributed by atoms with Crippen molar-refractivity contribution in [3.05, 3.63) is 57.8 Å². The van der Waals surface area contributed by atoms with Crippen molar-refractivity contribution >= 4 is 0 Å². The molecular weight excluding hydrogens is 302 g/mol. The molecule has 2 aromatic rings. The fourth-order valence-electron chi connectivity index (χ4n) is 3.23. The monoisotopic (exact) mass is 327 g/mol. The van der Waals surface area contributed by atoms with E-state index in [4.69, 9.17) is 4.74 Å². The number of rotatable bonds is 5. The molecule has 1 aliphatic rings. The molecule has 1 atom stereocenters. The van der Waals surface area contributed by atoms with Gasteiger partial charge in [0.15, 0.2) is 0 Å². The molecular formula is C19H25N3O2. The second-order valence-electron chi connectivity index (χ2n) is 6.79. The van der Waals surface area contributed by atoms with Crippen LogP contribution in [-0.2, 0) is 6.54 Å². The Kier molecular flexibility index (Phi) is 5.00. The predicted molar refractivity (Wildman–Crippen MR) is 94.4 cm³/mol. The number of aromatic amines is 1. The lowest BCUT2D eigenvalue weighted by atomic mass is 10.0. The van der Waals surface area contributed by atoms with Crippen LogP contribution >= 0.6 is 0 Å². The summed E-state index contributed by atoms with van der Waals surface area (Å²) < 4.78 is 5.68. The molecule has 1 aromatic heterocycles.